The Morgan fingerprint density at radius 1 is 1.13 bits per heavy atom. The van der Waals surface area contributed by atoms with Crippen molar-refractivity contribution in [1.29, 1.82) is 0 Å². The van der Waals surface area contributed by atoms with Gasteiger partial charge in [0.1, 0.15) is 11.6 Å². The van der Waals surface area contributed by atoms with E-state index in [1.807, 2.05) is 24.0 Å². The van der Waals surface area contributed by atoms with Crippen LogP contribution >= 0.6 is 0 Å². The normalized spacial score (nSPS) is 21.3. The van der Waals surface area contributed by atoms with E-state index in [2.05, 4.69) is 31.2 Å². The van der Waals surface area contributed by atoms with Crippen molar-refractivity contribution < 1.29 is 17.5 Å². The van der Waals surface area contributed by atoms with Gasteiger partial charge in [0, 0.05) is 42.3 Å². The molecule has 4 nitrogen and oxygen atoms in total. The number of nitrogens with zero attached hydrogens (tertiary/aromatic N) is 1. The molecule has 0 bridgehead atoms. The Morgan fingerprint density at radius 2 is 1.87 bits per heavy atom. The molecule has 0 amide bonds. The van der Waals surface area contributed by atoms with Gasteiger partial charge in [-0.3, -0.25) is 0 Å². The van der Waals surface area contributed by atoms with Crippen LogP contribution in [0.25, 0.3) is 0 Å². The number of fused-ring (bicyclic) bond motifs is 1. The van der Waals surface area contributed by atoms with Crippen LogP contribution in [-0.4, -0.2) is 39.6 Å². The molecule has 4 rings (SSSR count). The lowest BCUT2D eigenvalue weighted by Gasteiger charge is -2.42. The van der Waals surface area contributed by atoms with Gasteiger partial charge < -0.3 is 9.64 Å². The molecule has 2 aliphatic rings. The van der Waals surface area contributed by atoms with Gasteiger partial charge in [0.2, 0.25) is 0 Å². The van der Waals surface area contributed by atoms with Crippen molar-refractivity contribution in [3.63, 3.8) is 0 Å². The van der Waals surface area contributed by atoms with Crippen LogP contribution in [0.1, 0.15) is 43.7 Å². The molecule has 1 saturated heterocycles. The molecule has 2 heterocycles. The van der Waals surface area contributed by atoms with Gasteiger partial charge in [-0.15, -0.1) is 0 Å². The number of sulfone groups is 1. The summed E-state index contributed by atoms with van der Waals surface area (Å²) in [4.78, 5) is 1.97. The maximum atomic E-state index is 14.9. The Hall–Kier alpha value is -2.08. The van der Waals surface area contributed by atoms with Crippen molar-refractivity contribution in [3.8, 4) is 5.75 Å². The highest BCUT2D eigenvalue weighted by Gasteiger charge is 2.35. The van der Waals surface area contributed by atoms with Crippen LogP contribution in [0.2, 0.25) is 0 Å². The van der Waals surface area contributed by atoms with E-state index in [4.69, 9.17) is 4.74 Å². The second-order valence-corrected chi connectivity index (χ2v) is 11.2. The van der Waals surface area contributed by atoms with E-state index in [0.29, 0.717) is 43.5 Å². The average molecular weight is 446 g/mol. The number of benzene rings is 2. The summed E-state index contributed by atoms with van der Waals surface area (Å²) in [6.45, 7) is 5.84. The number of halogens is 1. The summed E-state index contributed by atoms with van der Waals surface area (Å²) in [7, 11) is -3.02. The van der Waals surface area contributed by atoms with Crippen LogP contribution in [0.3, 0.4) is 0 Å². The minimum Gasteiger partial charge on any atom is -0.493 e. The van der Waals surface area contributed by atoms with Crippen LogP contribution in [0, 0.1) is 17.7 Å². The van der Waals surface area contributed by atoms with Crippen molar-refractivity contribution >= 4 is 15.5 Å². The summed E-state index contributed by atoms with van der Waals surface area (Å²) in [5.74, 6) is 1.52. The third-order valence-electron chi connectivity index (χ3n) is 6.63. The Morgan fingerprint density at radius 3 is 2.55 bits per heavy atom. The fraction of sp³-hybridized carbons (Fsp3) is 0.520. The van der Waals surface area contributed by atoms with Gasteiger partial charge in [0.15, 0.2) is 9.84 Å². The first-order valence-electron chi connectivity index (χ1n) is 11.4. The van der Waals surface area contributed by atoms with E-state index >= 15 is 0 Å². The van der Waals surface area contributed by atoms with E-state index in [1.165, 1.54) is 11.6 Å². The fourth-order valence-corrected chi connectivity index (χ4v) is 6.67. The summed E-state index contributed by atoms with van der Waals surface area (Å²) >= 11 is 0. The average Bonchev–Trinajstić information content (AvgIpc) is 2.71. The van der Waals surface area contributed by atoms with E-state index in [1.54, 1.807) is 0 Å². The summed E-state index contributed by atoms with van der Waals surface area (Å²) in [5.41, 5.74) is 2.91. The van der Waals surface area contributed by atoms with Gasteiger partial charge in [0.25, 0.3) is 0 Å². The van der Waals surface area contributed by atoms with Crippen LogP contribution in [0.4, 0.5) is 10.1 Å². The summed E-state index contributed by atoms with van der Waals surface area (Å²) in [6.07, 6.45) is 2.54. The van der Waals surface area contributed by atoms with Crippen molar-refractivity contribution in [3.05, 3.63) is 59.4 Å². The Balaban J connectivity index is 1.55. The van der Waals surface area contributed by atoms with E-state index in [-0.39, 0.29) is 29.2 Å². The molecule has 2 aromatic rings. The monoisotopic (exact) mass is 445 g/mol. The molecule has 1 fully saturated rings. The van der Waals surface area contributed by atoms with E-state index in [9.17, 15) is 12.8 Å². The van der Waals surface area contributed by atoms with Crippen LogP contribution in [0.5, 0.6) is 5.75 Å². The largest absolute Gasteiger partial charge is 0.493 e. The molecule has 0 N–H and O–H groups in total. The second-order valence-electron chi connectivity index (χ2n) is 9.00. The Bertz CT molecular complexity index is 1000. The Kier molecular flexibility index (Phi) is 6.56. The molecule has 0 radical (unpaired) electrons. The highest BCUT2D eigenvalue weighted by atomic mass is 32.2. The predicted molar refractivity (Wildman–Crippen MR) is 123 cm³/mol. The second kappa shape index (κ2) is 9.19. The molecule has 31 heavy (non-hydrogen) atoms. The van der Waals surface area contributed by atoms with Gasteiger partial charge >= 0.3 is 0 Å². The molecule has 0 spiro atoms. The topological polar surface area (TPSA) is 46.6 Å². The number of ether oxygens (including phenoxy) is 1. The lowest BCUT2D eigenvalue weighted by atomic mass is 9.78. The SMILES string of the molecule is CCCS(=O)(=O)CC1CN(c2cc3c(cc2F)OCC(CC)C3Cc2ccccc2)C1. The summed E-state index contributed by atoms with van der Waals surface area (Å²) in [5, 5.41) is 0. The molecule has 0 aromatic heterocycles. The molecular weight excluding hydrogens is 413 g/mol. The molecule has 2 atom stereocenters. The van der Waals surface area contributed by atoms with Crippen molar-refractivity contribution in [2.45, 2.75) is 39.0 Å². The minimum absolute atomic E-state index is 0.0757. The summed E-state index contributed by atoms with van der Waals surface area (Å²) in [6, 6.07) is 13.9. The standard InChI is InChI=1S/C25H32FNO3S/c1-3-10-31(28,29)17-19-14-27(15-19)24-12-22-21(11-18-8-6-5-7-9-18)20(4-2)16-30-25(22)13-23(24)26/h5-9,12-13,19-21H,3-4,10-11,14-17H2,1-2H3. The molecule has 0 saturated carbocycles. The predicted octanol–water partition coefficient (Wildman–Crippen LogP) is 4.83. The van der Waals surface area contributed by atoms with Gasteiger partial charge in [-0.05, 0) is 36.8 Å². The van der Waals surface area contributed by atoms with E-state index in [0.717, 1.165) is 18.4 Å². The van der Waals surface area contributed by atoms with Crippen LogP contribution in [-0.2, 0) is 16.3 Å². The highest BCUT2D eigenvalue weighted by Crippen LogP contribution is 2.44. The highest BCUT2D eigenvalue weighted by molar-refractivity contribution is 7.91. The molecule has 2 aliphatic heterocycles. The smallest absolute Gasteiger partial charge is 0.150 e. The molecule has 2 aromatic carbocycles. The van der Waals surface area contributed by atoms with Gasteiger partial charge in [-0.25, -0.2) is 12.8 Å². The van der Waals surface area contributed by atoms with Gasteiger partial charge in [-0.1, -0.05) is 44.2 Å². The van der Waals surface area contributed by atoms with Crippen LogP contribution < -0.4 is 9.64 Å². The number of hydrogen-bond acceptors (Lipinski definition) is 4. The van der Waals surface area contributed by atoms with Crippen molar-refractivity contribution in [1.82, 2.24) is 0 Å². The zero-order chi connectivity index (χ0) is 22.0. The molecule has 2 unspecified atom stereocenters. The first kappa shape index (κ1) is 22.1. The number of hydrogen-bond donors (Lipinski definition) is 0. The number of anilines is 1. The van der Waals surface area contributed by atoms with Crippen molar-refractivity contribution in [2.75, 3.05) is 36.1 Å². The lowest BCUT2D eigenvalue weighted by molar-refractivity contribution is 0.187. The van der Waals surface area contributed by atoms with Crippen molar-refractivity contribution in [2.24, 2.45) is 11.8 Å². The third kappa shape index (κ3) is 4.89. The van der Waals surface area contributed by atoms with Gasteiger partial charge in [0.05, 0.1) is 18.0 Å². The Labute approximate surface area is 185 Å². The quantitative estimate of drug-likeness (QED) is 0.584. The molecule has 0 aliphatic carbocycles. The maximum absolute atomic E-state index is 14.9. The van der Waals surface area contributed by atoms with Gasteiger partial charge in [-0.2, -0.15) is 0 Å². The fourth-order valence-electron chi connectivity index (χ4n) is 4.96. The third-order valence-corrected chi connectivity index (χ3v) is 8.64. The zero-order valence-corrected chi connectivity index (χ0v) is 19.2. The first-order valence-corrected chi connectivity index (χ1v) is 13.2. The first-order chi connectivity index (χ1) is 14.9. The lowest BCUT2D eigenvalue weighted by Crippen LogP contribution is -2.50. The zero-order valence-electron chi connectivity index (χ0n) is 18.4. The summed E-state index contributed by atoms with van der Waals surface area (Å²) < 4.78 is 45.1. The van der Waals surface area contributed by atoms with E-state index < -0.39 is 9.84 Å². The molecule has 168 valence electrons. The minimum atomic E-state index is -3.02. The maximum Gasteiger partial charge on any atom is 0.150 e. The molecule has 6 heteroatoms. The number of rotatable bonds is 8. The molecular formula is C25H32FNO3S. The van der Waals surface area contributed by atoms with Crippen LogP contribution in [0.15, 0.2) is 42.5 Å².